The van der Waals surface area contributed by atoms with Gasteiger partial charge in [-0.2, -0.15) is 10.2 Å². The van der Waals surface area contributed by atoms with Crippen molar-refractivity contribution >= 4 is 22.5 Å². The standard InChI is InChI=1S/C20H19N5O/c1-2-18(14-8-4-3-5-9-14)25-13-15(12-21-25)22-20(26)19-16-10-6-7-11-17(16)23-24-19/h3-13,18H,2H2,1H3,(H,22,26)(H,23,24)/t18-/m0/s1. The molecular weight excluding hydrogens is 326 g/mol. The minimum absolute atomic E-state index is 0.132. The molecule has 2 heterocycles. The Balaban J connectivity index is 1.56. The number of hydrogen-bond acceptors (Lipinski definition) is 3. The normalized spacial score (nSPS) is 12.2. The Morgan fingerprint density at radius 1 is 1.15 bits per heavy atom. The Hall–Kier alpha value is -3.41. The van der Waals surface area contributed by atoms with Gasteiger partial charge in [-0.3, -0.25) is 14.6 Å². The number of fused-ring (bicyclic) bond motifs is 1. The van der Waals surface area contributed by atoms with Crippen molar-refractivity contribution in [2.75, 3.05) is 5.32 Å². The predicted octanol–water partition coefficient (Wildman–Crippen LogP) is 4.01. The van der Waals surface area contributed by atoms with Gasteiger partial charge >= 0.3 is 0 Å². The maximum Gasteiger partial charge on any atom is 0.276 e. The number of para-hydroxylation sites is 1. The lowest BCUT2D eigenvalue weighted by Crippen LogP contribution is -2.13. The van der Waals surface area contributed by atoms with Crippen molar-refractivity contribution in [1.29, 1.82) is 0 Å². The lowest BCUT2D eigenvalue weighted by Gasteiger charge is -2.15. The van der Waals surface area contributed by atoms with Gasteiger partial charge in [-0.15, -0.1) is 0 Å². The van der Waals surface area contributed by atoms with Gasteiger partial charge in [-0.05, 0) is 18.1 Å². The summed E-state index contributed by atoms with van der Waals surface area (Å²) in [6.07, 6.45) is 4.43. The summed E-state index contributed by atoms with van der Waals surface area (Å²) in [6, 6.07) is 17.9. The zero-order valence-corrected chi connectivity index (χ0v) is 14.4. The number of carbonyl (C=O) groups excluding carboxylic acids is 1. The van der Waals surface area contributed by atoms with Gasteiger partial charge < -0.3 is 5.32 Å². The highest BCUT2D eigenvalue weighted by atomic mass is 16.2. The number of nitrogens with one attached hydrogen (secondary N) is 2. The molecule has 4 rings (SSSR count). The molecule has 0 unspecified atom stereocenters. The van der Waals surface area contributed by atoms with E-state index in [9.17, 15) is 4.79 Å². The summed E-state index contributed by atoms with van der Waals surface area (Å²) in [5, 5.41) is 15.1. The molecule has 130 valence electrons. The van der Waals surface area contributed by atoms with Gasteiger partial charge in [0.1, 0.15) is 0 Å². The molecule has 0 radical (unpaired) electrons. The van der Waals surface area contributed by atoms with Gasteiger partial charge in [-0.25, -0.2) is 0 Å². The molecular formula is C20H19N5O. The molecule has 0 saturated carbocycles. The highest BCUT2D eigenvalue weighted by Gasteiger charge is 2.16. The number of carbonyl (C=O) groups is 1. The van der Waals surface area contributed by atoms with Crippen LogP contribution in [0.5, 0.6) is 0 Å². The second-order valence-corrected chi connectivity index (χ2v) is 6.12. The summed E-state index contributed by atoms with van der Waals surface area (Å²) in [5.41, 5.74) is 3.05. The average molecular weight is 345 g/mol. The Kier molecular flexibility index (Phi) is 4.23. The maximum absolute atomic E-state index is 12.6. The smallest absolute Gasteiger partial charge is 0.276 e. The summed E-state index contributed by atoms with van der Waals surface area (Å²) >= 11 is 0. The zero-order valence-electron chi connectivity index (χ0n) is 14.4. The van der Waals surface area contributed by atoms with E-state index in [2.05, 4.69) is 39.7 Å². The minimum Gasteiger partial charge on any atom is -0.318 e. The Bertz CT molecular complexity index is 1030. The van der Waals surface area contributed by atoms with E-state index in [1.54, 1.807) is 6.20 Å². The highest BCUT2D eigenvalue weighted by Crippen LogP contribution is 2.23. The van der Waals surface area contributed by atoms with Gasteiger partial charge in [0.15, 0.2) is 5.69 Å². The van der Waals surface area contributed by atoms with E-state index in [4.69, 9.17) is 0 Å². The first-order valence-corrected chi connectivity index (χ1v) is 8.60. The quantitative estimate of drug-likeness (QED) is 0.574. The molecule has 1 atom stereocenters. The van der Waals surface area contributed by atoms with Crippen LogP contribution in [0.1, 0.15) is 35.4 Å². The molecule has 0 fully saturated rings. The second kappa shape index (κ2) is 6.84. The summed E-state index contributed by atoms with van der Waals surface area (Å²) in [4.78, 5) is 12.6. The molecule has 0 bridgehead atoms. The summed E-state index contributed by atoms with van der Waals surface area (Å²) in [6.45, 7) is 2.12. The van der Waals surface area contributed by atoms with Crippen LogP contribution < -0.4 is 5.32 Å². The highest BCUT2D eigenvalue weighted by molar-refractivity contribution is 6.10. The van der Waals surface area contributed by atoms with E-state index in [0.29, 0.717) is 11.4 Å². The number of aromatic nitrogens is 4. The van der Waals surface area contributed by atoms with Gasteiger partial charge in [0.05, 0.1) is 23.4 Å². The van der Waals surface area contributed by atoms with Crippen molar-refractivity contribution in [2.24, 2.45) is 0 Å². The number of H-pyrrole nitrogens is 1. The number of nitrogens with zero attached hydrogens (tertiary/aromatic N) is 3. The number of amides is 1. The molecule has 2 aromatic heterocycles. The molecule has 2 aromatic carbocycles. The van der Waals surface area contributed by atoms with Crippen molar-refractivity contribution in [3.05, 3.63) is 78.2 Å². The van der Waals surface area contributed by atoms with Crippen molar-refractivity contribution in [1.82, 2.24) is 20.0 Å². The van der Waals surface area contributed by atoms with Crippen molar-refractivity contribution < 1.29 is 4.79 Å². The van der Waals surface area contributed by atoms with Crippen LogP contribution in [0.25, 0.3) is 10.9 Å². The van der Waals surface area contributed by atoms with Crippen LogP contribution in [-0.2, 0) is 0 Å². The number of aromatic amines is 1. The zero-order chi connectivity index (χ0) is 17.9. The predicted molar refractivity (Wildman–Crippen MR) is 101 cm³/mol. The van der Waals surface area contributed by atoms with Gasteiger partial charge in [-0.1, -0.05) is 55.5 Å². The van der Waals surface area contributed by atoms with Crippen molar-refractivity contribution in [2.45, 2.75) is 19.4 Å². The number of hydrogen-bond donors (Lipinski definition) is 2. The van der Waals surface area contributed by atoms with E-state index in [1.807, 2.05) is 53.3 Å². The van der Waals surface area contributed by atoms with E-state index in [0.717, 1.165) is 17.3 Å². The van der Waals surface area contributed by atoms with Crippen LogP contribution in [0, 0.1) is 0 Å². The molecule has 2 N–H and O–H groups in total. The average Bonchev–Trinajstić information content (AvgIpc) is 3.30. The summed E-state index contributed by atoms with van der Waals surface area (Å²) < 4.78 is 1.88. The van der Waals surface area contributed by atoms with Crippen LogP contribution in [0.4, 0.5) is 5.69 Å². The van der Waals surface area contributed by atoms with Crippen LogP contribution in [0.3, 0.4) is 0 Å². The third-order valence-corrected chi connectivity index (χ3v) is 4.44. The SMILES string of the molecule is CC[C@@H](c1ccccc1)n1cc(NC(=O)c2n[nH]c3ccccc23)cn1. The lowest BCUT2D eigenvalue weighted by molar-refractivity contribution is 0.102. The monoisotopic (exact) mass is 345 g/mol. The molecule has 0 aliphatic heterocycles. The fourth-order valence-electron chi connectivity index (χ4n) is 3.15. The van der Waals surface area contributed by atoms with Crippen molar-refractivity contribution in [3.8, 4) is 0 Å². The molecule has 0 aliphatic rings. The molecule has 6 nitrogen and oxygen atoms in total. The fourth-order valence-corrected chi connectivity index (χ4v) is 3.15. The first-order valence-electron chi connectivity index (χ1n) is 8.60. The Morgan fingerprint density at radius 3 is 2.73 bits per heavy atom. The first-order chi connectivity index (χ1) is 12.8. The van der Waals surface area contributed by atoms with Gasteiger partial charge in [0.25, 0.3) is 5.91 Å². The number of benzene rings is 2. The van der Waals surface area contributed by atoms with Crippen molar-refractivity contribution in [3.63, 3.8) is 0 Å². The molecule has 0 spiro atoms. The van der Waals surface area contributed by atoms with E-state index in [1.165, 1.54) is 5.56 Å². The van der Waals surface area contributed by atoms with Crippen LogP contribution in [-0.4, -0.2) is 25.9 Å². The van der Waals surface area contributed by atoms with Crippen LogP contribution in [0.2, 0.25) is 0 Å². The van der Waals surface area contributed by atoms with E-state index in [-0.39, 0.29) is 11.9 Å². The second-order valence-electron chi connectivity index (χ2n) is 6.12. The fraction of sp³-hybridized carbons (Fsp3) is 0.150. The van der Waals surface area contributed by atoms with Gasteiger partial charge in [0.2, 0.25) is 0 Å². The molecule has 0 saturated heterocycles. The molecule has 26 heavy (non-hydrogen) atoms. The molecule has 6 heteroatoms. The number of rotatable bonds is 5. The van der Waals surface area contributed by atoms with E-state index < -0.39 is 0 Å². The third kappa shape index (κ3) is 2.97. The summed E-state index contributed by atoms with van der Waals surface area (Å²) in [5.74, 6) is -0.255. The van der Waals surface area contributed by atoms with Crippen LogP contribution >= 0.6 is 0 Å². The maximum atomic E-state index is 12.6. The summed E-state index contributed by atoms with van der Waals surface area (Å²) in [7, 11) is 0. The number of anilines is 1. The molecule has 0 aliphatic carbocycles. The van der Waals surface area contributed by atoms with Gasteiger partial charge in [0, 0.05) is 11.6 Å². The Morgan fingerprint density at radius 2 is 1.92 bits per heavy atom. The third-order valence-electron chi connectivity index (χ3n) is 4.44. The molecule has 1 amide bonds. The first kappa shape index (κ1) is 16.1. The largest absolute Gasteiger partial charge is 0.318 e. The topological polar surface area (TPSA) is 75.6 Å². The molecule has 4 aromatic rings. The lowest BCUT2D eigenvalue weighted by atomic mass is 10.1. The Labute approximate surface area is 150 Å². The van der Waals surface area contributed by atoms with E-state index >= 15 is 0 Å². The minimum atomic E-state index is -0.255. The van der Waals surface area contributed by atoms with Crippen LogP contribution in [0.15, 0.2) is 67.0 Å².